The Morgan fingerprint density at radius 2 is 2.19 bits per heavy atom. The molecule has 5 heteroatoms. The fraction of sp³-hybridized carbons (Fsp3) is 0.545. The predicted octanol–water partition coefficient (Wildman–Crippen LogP) is 1.75. The van der Waals surface area contributed by atoms with Gasteiger partial charge in [0, 0.05) is 25.5 Å². The summed E-state index contributed by atoms with van der Waals surface area (Å²) in [6, 6.07) is 3.54. The molecule has 0 bridgehead atoms. The Labute approximate surface area is 99.7 Å². The summed E-state index contributed by atoms with van der Waals surface area (Å²) in [6.07, 6.45) is 2.00. The maximum Gasteiger partial charge on any atom is 0.213 e. The van der Waals surface area contributed by atoms with Gasteiger partial charge in [-0.25, -0.2) is 4.98 Å². The molecule has 88 valence electrons. The first-order valence-electron chi connectivity index (χ1n) is 5.39. The largest absolute Gasteiger partial charge is 0.474 e. The first-order valence-corrected chi connectivity index (χ1v) is 5.77. The van der Waals surface area contributed by atoms with Crippen LogP contribution in [0.4, 0.5) is 0 Å². The van der Waals surface area contributed by atoms with Crippen molar-refractivity contribution in [3.8, 4) is 5.88 Å². The molecule has 2 heterocycles. The second kappa shape index (κ2) is 5.48. The molecular formula is C11H15ClN2O2. The van der Waals surface area contributed by atoms with E-state index in [0.29, 0.717) is 23.1 Å². The highest BCUT2D eigenvalue weighted by Crippen LogP contribution is 2.20. The van der Waals surface area contributed by atoms with Gasteiger partial charge < -0.3 is 15.2 Å². The van der Waals surface area contributed by atoms with E-state index in [1.807, 2.05) is 0 Å². The van der Waals surface area contributed by atoms with E-state index < -0.39 is 0 Å². The van der Waals surface area contributed by atoms with Crippen LogP contribution in [0.15, 0.2) is 12.1 Å². The van der Waals surface area contributed by atoms with Gasteiger partial charge in [0.15, 0.2) is 0 Å². The van der Waals surface area contributed by atoms with Crippen molar-refractivity contribution in [1.29, 1.82) is 0 Å². The third-order valence-corrected chi connectivity index (χ3v) is 2.89. The number of rotatable bonds is 3. The summed E-state index contributed by atoms with van der Waals surface area (Å²) >= 11 is 5.92. The maximum absolute atomic E-state index is 5.92. The minimum Gasteiger partial charge on any atom is -0.474 e. The van der Waals surface area contributed by atoms with Crippen LogP contribution in [-0.4, -0.2) is 24.3 Å². The molecule has 0 aromatic carbocycles. The predicted molar refractivity (Wildman–Crippen MR) is 61.6 cm³/mol. The molecular weight excluding hydrogens is 228 g/mol. The monoisotopic (exact) mass is 242 g/mol. The lowest BCUT2D eigenvalue weighted by Gasteiger charge is -2.22. The second-order valence-corrected chi connectivity index (χ2v) is 4.12. The van der Waals surface area contributed by atoms with Gasteiger partial charge >= 0.3 is 0 Å². The first kappa shape index (κ1) is 11.6. The summed E-state index contributed by atoms with van der Waals surface area (Å²) in [6.45, 7) is 1.83. The molecule has 0 amide bonds. The standard InChI is InChI=1S/C11H15ClN2O2/c12-9-1-2-11(14-10(9)7-13)16-8-3-5-15-6-4-8/h1-2,8H,3-7,13H2. The molecule has 2 N–H and O–H groups in total. The average Bonchev–Trinajstić information content (AvgIpc) is 2.33. The Balaban J connectivity index is 2.03. The fourth-order valence-electron chi connectivity index (χ4n) is 1.64. The van der Waals surface area contributed by atoms with E-state index in [-0.39, 0.29) is 6.10 Å². The minimum atomic E-state index is 0.188. The molecule has 16 heavy (non-hydrogen) atoms. The van der Waals surface area contributed by atoms with Crippen LogP contribution in [0, 0.1) is 0 Å². The van der Waals surface area contributed by atoms with Crippen LogP contribution in [-0.2, 0) is 11.3 Å². The molecule has 0 aliphatic carbocycles. The van der Waals surface area contributed by atoms with Crippen molar-refractivity contribution in [2.45, 2.75) is 25.5 Å². The van der Waals surface area contributed by atoms with Crippen LogP contribution in [0.5, 0.6) is 5.88 Å². The third kappa shape index (κ3) is 2.84. The molecule has 1 aliphatic rings. The van der Waals surface area contributed by atoms with E-state index >= 15 is 0 Å². The van der Waals surface area contributed by atoms with Gasteiger partial charge in [-0.1, -0.05) is 11.6 Å². The highest BCUT2D eigenvalue weighted by Gasteiger charge is 2.16. The number of aromatic nitrogens is 1. The normalized spacial score (nSPS) is 17.4. The topological polar surface area (TPSA) is 57.4 Å². The number of hydrogen-bond acceptors (Lipinski definition) is 4. The van der Waals surface area contributed by atoms with E-state index in [4.69, 9.17) is 26.8 Å². The SMILES string of the molecule is NCc1nc(OC2CCOCC2)ccc1Cl. The Hall–Kier alpha value is -0.840. The number of ether oxygens (including phenoxy) is 2. The number of pyridine rings is 1. The highest BCUT2D eigenvalue weighted by atomic mass is 35.5. The number of nitrogens with zero attached hydrogens (tertiary/aromatic N) is 1. The Morgan fingerprint density at radius 3 is 2.88 bits per heavy atom. The molecule has 2 rings (SSSR count). The van der Waals surface area contributed by atoms with Crippen LogP contribution in [0.25, 0.3) is 0 Å². The van der Waals surface area contributed by atoms with E-state index in [9.17, 15) is 0 Å². The smallest absolute Gasteiger partial charge is 0.213 e. The van der Waals surface area contributed by atoms with Crippen LogP contribution in [0.3, 0.4) is 0 Å². The molecule has 4 nitrogen and oxygen atoms in total. The number of nitrogens with two attached hydrogens (primary N) is 1. The zero-order valence-corrected chi connectivity index (χ0v) is 9.74. The lowest BCUT2D eigenvalue weighted by molar-refractivity contribution is 0.0237. The minimum absolute atomic E-state index is 0.188. The van der Waals surface area contributed by atoms with Gasteiger partial charge in [0.2, 0.25) is 5.88 Å². The average molecular weight is 243 g/mol. The third-order valence-electron chi connectivity index (χ3n) is 2.54. The van der Waals surface area contributed by atoms with Gasteiger partial charge in [-0.05, 0) is 6.07 Å². The quantitative estimate of drug-likeness (QED) is 0.878. The van der Waals surface area contributed by atoms with E-state index in [1.54, 1.807) is 12.1 Å². The molecule has 1 saturated heterocycles. The summed E-state index contributed by atoms with van der Waals surface area (Å²) in [4.78, 5) is 4.26. The van der Waals surface area contributed by atoms with Crippen LogP contribution in [0.2, 0.25) is 5.02 Å². The van der Waals surface area contributed by atoms with Crippen LogP contribution in [0.1, 0.15) is 18.5 Å². The van der Waals surface area contributed by atoms with Crippen molar-refractivity contribution in [2.24, 2.45) is 5.73 Å². The zero-order valence-electron chi connectivity index (χ0n) is 8.99. The zero-order chi connectivity index (χ0) is 11.4. The molecule has 1 aromatic heterocycles. The molecule has 0 atom stereocenters. The van der Waals surface area contributed by atoms with Gasteiger partial charge in [0.25, 0.3) is 0 Å². The van der Waals surface area contributed by atoms with Gasteiger partial charge in [0.1, 0.15) is 6.10 Å². The maximum atomic E-state index is 5.92. The first-order chi connectivity index (χ1) is 7.79. The van der Waals surface area contributed by atoms with Crippen molar-refractivity contribution in [1.82, 2.24) is 4.98 Å². The fourth-order valence-corrected chi connectivity index (χ4v) is 1.82. The summed E-state index contributed by atoms with van der Waals surface area (Å²) < 4.78 is 11.0. The lowest BCUT2D eigenvalue weighted by Crippen LogP contribution is -2.26. The Bertz CT molecular complexity index is 354. The summed E-state index contributed by atoms with van der Waals surface area (Å²) in [7, 11) is 0. The van der Waals surface area contributed by atoms with E-state index in [2.05, 4.69) is 4.98 Å². The molecule has 1 aliphatic heterocycles. The number of halogens is 1. The summed E-state index contributed by atoms with van der Waals surface area (Å²) in [5.74, 6) is 0.594. The Morgan fingerprint density at radius 1 is 1.44 bits per heavy atom. The van der Waals surface area contributed by atoms with Gasteiger partial charge in [-0.3, -0.25) is 0 Å². The van der Waals surface area contributed by atoms with Crippen molar-refractivity contribution < 1.29 is 9.47 Å². The van der Waals surface area contributed by atoms with Crippen LogP contribution >= 0.6 is 11.6 Å². The van der Waals surface area contributed by atoms with Crippen molar-refractivity contribution in [3.05, 3.63) is 22.8 Å². The molecule has 1 fully saturated rings. The lowest BCUT2D eigenvalue weighted by atomic mass is 10.1. The highest BCUT2D eigenvalue weighted by molar-refractivity contribution is 6.31. The van der Waals surface area contributed by atoms with Gasteiger partial charge in [0.05, 0.1) is 23.9 Å². The summed E-state index contributed by atoms with van der Waals surface area (Å²) in [5.41, 5.74) is 6.20. The van der Waals surface area contributed by atoms with Crippen LogP contribution < -0.4 is 10.5 Å². The molecule has 0 radical (unpaired) electrons. The van der Waals surface area contributed by atoms with Gasteiger partial charge in [-0.15, -0.1) is 0 Å². The van der Waals surface area contributed by atoms with E-state index in [1.165, 1.54) is 0 Å². The van der Waals surface area contributed by atoms with Gasteiger partial charge in [-0.2, -0.15) is 0 Å². The second-order valence-electron chi connectivity index (χ2n) is 3.71. The molecule has 1 aromatic rings. The van der Waals surface area contributed by atoms with Crippen molar-refractivity contribution in [3.63, 3.8) is 0 Å². The van der Waals surface area contributed by atoms with E-state index in [0.717, 1.165) is 26.1 Å². The Kier molecular flexibility index (Phi) is 3.98. The van der Waals surface area contributed by atoms with Crippen molar-refractivity contribution >= 4 is 11.6 Å². The number of hydrogen-bond donors (Lipinski definition) is 1. The molecule has 0 saturated carbocycles. The molecule has 0 spiro atoms. The molecule has 0 unspecified atom stereocenters. The summed E-state index contributed by atoms with van der Waals surface area (Å²) in [5, 5.41) is 0.585. The van der Waals surface area contributed by atoms with Crippen molar-refractivity contribution in [2.75, 3.05) is 13.2 Å².